The molecule has 0 unspecified atom stereocenters. The second-order valence-corrected chi connectivity index (χ2v) is 13.4. The van der Waals surface area contributed by atoms with Crippen molar-refractivity contribution in [2.75, 3.05) is 62.3 Å². The van der Waals surface area contributed by atoms with E-state index < -0.39 is 0 Å². The standard InChI is InChI=1S/C38H52N6O3/c1-5-15-42-16-18-43(19-17-42)36-12-11-28(24-39-36)29-22-33(26(3)35(23-29)44(6-2)30-13-20-47-21-14-30)37(45)40-25-34-32-10-8-7-9-31(32)27(4)41-38(34)46/h11-12,22-24,30H,5-10,13-21,25H2,1-4H3,(H,40,45)(H,41,46). The Hall–Kier alpha value is -3.69. The number of aryl methyl sites for hydroxylation is 1. The summed E-state index contributed by atoms with van der Waals surface area (Å²) >= 11 is 0. The lowest BCUT2D eigenvalue weighted by atomic mass is 9.88. The molecule has 6 rings (SSSR count). The van der Waals surface area contributed by atoms with Gasteiger partial charge in [0.1, 0.15) is 5.82 Å². The number of aromatic amines is 1. The van der Waals surface area contributed by atoms with Crippen molar-refractivity contribution < 1.29 is 9.53 Å². The quantitative estimate of drug-likeness (QED) is 0.307. The van der Waals surface area contributed by atoms with Crippen molar-refractivity contribution in [1.29, 1.82) is 0 Å². The Balaban J connectivity index is 1.30. The predicted octanol–water partition coefficient (Wildman–Crippen LogP) is 5.40. The minimum Gasteiger partial charge on any atom is -0.381 e. The molecular formula is C38H52N6O3. The number of nitrogens with zero attached hydrogens (tertiary/aromatic N) is 4. The fourth-order valence-electron chi connectivity index (χ4n) is 7.84. The molecule has 2 aliphatic heterocycles. The van der Waals surface area contributed by atoms with E-state index in [-0.39, 0.29) is 18.0 Å². The molecule has 0 bridgehead atoms. The third-order valence-electron chi connectivity index (χ3n) is 10.5. The lowest BCUT2D eigenvalue weighted by molar-refractivity contribution is 0.0846. The van der Waals surface area contributed by atoms with Crippen LogP contribution in [0.25, 0.3) is 11.1 Å². The summed E-state index contributed by atoms with van der Waals surface area (Å²) in [7, 11) is 0. The van der Waals surface area contributed by atoms with E-state index in [1.165, 1.54) is 12.0 Å². The zero-order valence-corrected chi connectivity index (χ0v) is 28.8. The van der Waals surface area contributed by atoms with Crippen LogP contribution in [-0.2, 0) is 24.1 Å². The van der Waals surface area contributed by atoms with Crippen LogP contribution in [0.3, 0.4) is 0 Å². The van der Waals surface area contributed by atoms with Gasteiger partial charge in [-0.25, -0.2) is 4.98 Å². The summed E-state index contributed by atoms with van der Waals surface area (Å²) in [5.41, 5.74) is 8.55. The monoisotopic (exact) mass is 640 g/mol. The molecule has 3 aromatic rings. The van der Waals surface area contributed by atoms with Gasteiger partial charge in [-0.2, -0.15) is 0 Å². The van der Waals surface area contributed by atoms with E-state index in [0.717, 1.165) is 130 Å². The molecule has 3 aliphatic rings. The zero-order valence-electron chi connectivity index (χ0n) is 28.8. The largest absolute Gasteiger partial charge is 0.381 e. The highest BCUT2D eigenvalue weighted by molar-refractivity contribution is 5.99. The molecule has 4 heterocycles. The van der Waals surface area contributed by atoms with Crippen LogP contribution in [0, 0.1) is 13.8 Å². The van der Waals surface area contributed by atoms with Crippen molar-refractivity contribution in [3.8, 4) is 11.1 Å². The van der Waals surface area contributed by atoms with Crippen molar-refractivity contribution in [3.05, 3.63) is 74.3 Å². The lowest BCUT2D eigenvalue weighted by Crippen LogP contribution is -2.46. The topological polar surface area (TPSA) is 93.8 Å². The van der Waals surface area contributed by atoms with Gasteiger partial charge in [0.25, 0.3) is 11.5 Å². The smallest absolute Gasteiger partial charge is 0.253 e. The van der Waals surface area contributed by atoms with Crippen LogP contribution >= 0.6 is 0 Å². The zero-order chi connectivity index (χ0) is 32.9. The molecule has 1 amide bonds. The summed E-state index contributed by atoms with van der Waals surface area (Å²) in [5.74, 6) is 0.840. The third-order valence-corrected chi connectivity index (χ3v) is 10.5. The van der Waals surface area contributed by atoms with Crippen LogP contribution in [-0.4, -0.2) is 79.3 Å². The molecule has 2 N–H and O–H groups in total. The van der Waals surface area contributed by atoms with Crippen LogP contribution in [0.5, 0.6) is 0 Å². The summed E-state index contributed by atoms with van der Waals surface area (Å²) in [6.45, 7) is 16.2. The maximum absolute atomic E-state index is 14.1. The first-order chi connectivity index (χ1) is 22.9. The highest BCUT2D eigenvalue weighted by Gasteiger charge is 2.26. The van der Waals surface area contributed by atoms with Crippen LogP contribution in [0.15, 0.2) is 35.3 Å². The molecule has 2 fully saturated rings. The van der Waals surface area contributed by atoms with Crippen LogP contribution in [0.2, 0.25) is 0 Å². The summed E-state index contributed by atoms with van der Waals surface area (Å²) in [6, 6.07) is 8.84. The molecule has 47 heavy (non-hydrogen) atoms. The Morgan fingerprint density at radius 3 is 2.45 bits per heavy atom. The highest BCUT2D eigenvalue weighted by atomic mass is 16.5. The second kappa shape index (κ2) is 15.0. The van der Waals surface area contributed by atoms with Gasteiger partial charge < -0.3 is 24.8 Å². The molecule has 0 spiro atoms. The molecule has 9 nitrogen and oxygen atoms in total. The normalized spacial score (nSPS) is 17.4. The Morgan fingerprint density at radius 1 is 1.02 bits per heavy atom. The van der Waals surface area contributed by atoms with E-state index in [0.29, 0.717) is 17.2 Å². The number of anilines is 2. The number of carbonyl (C=O) groups is 1. The van der Waals surface area contributed by atoms with Gasteiger partial charge in [-0.15, -0.1) is 0 Å². The number of piperazine rings is 1. The number of aromatic nitrogens is 2. The van der Waals surface area contributed by atoms with Gasteiger partial charge >= 0.3 is 0 Å². The van der Waals surface area contributed by atoms with Gasteiger partial charge in [-0.1, -0.05) is 6.92 Å². The summed E-state index contributed by atoms with van der Waals surface area (Å²) in [6.07, 6.45) is 9.12. The Morgan fingerprint density at radius 2 is 1.77 bits per heavy atom. The number of hydrogen-bond acceptors (Lipinski definition) is 7. The number of ether oxygens (including phenoxy) is 1. The maximum atomic E-state index is 14.1. The number of benzene rings is 1. The van der Waals surface area contributed by atoms with Gasteiger partial charge in [0.15, 0.2) is 0 Å². The Bertz CT molecular complexity index is 1600. The van der Waals surface area contributed by atoms with Crippen molar-refractivity contribution >= 4 is 17.4 Å². The number of fused-ring (bicyclic) bond motifs is 1. The number of H-pyrrole nitrogens is 1. The summed E-state index contributed by atoms with van der Waals surface area (Å²) in [4.78, 5) is 42.4. The molecule has 1 aromatic carbocycles. The highest BCUT2D eigenvalue weighted by Crippen LogP contribution is 2.34. The molecule has 9 heteroatoms. The summed E-state index contributed by atoms with van der Waals surface area (Å²) in [5, 5.41) is 3.15. The lowest BCUT2D eigenvalue weighted by Gasteiger charge is -2.37. The van der Waals surface area contributed by atoms with Crippen LogP contribution in [0.4, 0.5) is 11.5 Å². The average Bonchev–Trinajstić information content (AvgIpc) is 3.10. The van der Waals surface area contributed by atoms with E-state index >= 15 is 0 Å². The van der Waals surface area contributed by atoms with E-state index in [9.17, 15) is 9.59 Å². The average molecular weight is 641 g/mol. The van der Waals surface area contributed by atoms with Gasteiger partial charge in [0.2, 0.25) is 0 Å². The first kappa shape index (κ1) is 33.2. The van der Waals surface area contributed by atoms with E-state index in [4.69, 9.17) is 9.72 Å². The molecule has 0 atom stereocenters. The third kappa shape index (κ3) is 7.26. The minimum atomic E-state index is -0.160. The number of nitrogens with one attached hydrogen (secondary N) is 2. The van der Waals surface area contributed by atoms with Crippen molar-refractivity contribution in [2.24, 2.45) is 0 Å². The molecule has 2 saturated heterocycles. The summed E-state index contributed by atoms with van der Waals surface area (Å²) < 4.78 is 5.69. The fourth-order valence-corrected chi connectivity index (χ4v) is 7.84. The Labute approximate surface area is 279 Å². The van der Waals surface area contributed by atoms with Gasteiger partial charge in [-0.3, -0.25) is 14.5 Å². The molecule has 1 aliphatic carbocycles. The fraction of sp³-hybridized carbons (Fsp3) is 0.553. The van der Waals surface area contributed by atoms with E-state index in [1.54, 1.807) is 0 Å². The van der Waals surface area contributed by atoms with Crippen molar-refractivity contribution in [3.63, 3.8) is 0 Å². The number of carbonyl (C=O) groups excluding carboxylic acids is 1. The van der Waals surface area contributed by atoms with E-state index in [2.05, 4.69) is 64.0 Å². The molecular weight excluding hydrogens is 588 g/mol. The minimum absolute atomic E-state index is 0.0933. The van der Waals surface area contributed by atoms with Crippen molar-refractivity contribution in [2.45, 2.75) is 85.2 Å². The number of pyridine rings is 2. The number of amides is 1. The number of rotatable bonds is 10. The molecule has 252 valence electrons. The van der Waals surface area contributed by atoms with Gasteiger partial charge in [0.05, 0.1) is 0 Å². The van der Waals surface area contributed by atoms with Crippen molar-refractivity contribution in [1.82, 2.24) is 20.2 Å². The van der Waals surface area contributed by atoms with E-state index in [1.807, 2.05) is 19.2 Å². The molecule has 0 saturated carbocycles. The number of hydrogen-bond donors (Lipinski definition) is 2. The first-order valence-electron chi connectivity index (χ1n) is 17.8. The first-order valence-corrected chi connectivity index (χ1v) is 17.8. The Kier molecular flexibility index (Phi) is 10.6. The maximum Gasteiger partial charge on any atom is 0.253 e. The second-order valence-electron chi connectivity index (χ2n) is 13.4. The van der Waals surface area contributed by atoms with Crippen LogP contribution in [0.1, 0.15) is 84.3 Å². The SMILES string of the molecule is CCCN1CCN(c2ccc(-c3cc(C(=O)NCc4c5c(c(C)[nH]c4=O)CCCC5)c(C)c(N(CC)C4CCOCC4)c3)cn2)CC1. The van der Waals surface area contributed by atoms with Crippen LogP contribution < -0.4 is 20.7 Å². The molecule has 0 radical (unpaired) electrons. The predicted molar refractivity (Wildman–Crippen MR) is 190 cm³/mol. The van der Waals surface area contributed by atoms with Gasteiger partial charge in [0, 0.05) is 92.8 Å². The molecule has 2 aromatic heterocycles. The van der Waals surface area contributed by atoms with Gasteiger partial charge in [-0.05, 0) is 119 Å².